The van der Waals surface area contributed by atoms with Gasteiger partial charge in [-0.3, -0.25) is 10.3 Å². The number of halogens is 2. The molecule has 0 unspecified atom stereocenters. The SMILES string of the molecule is O=C(Nc1ccc(F)cc1F)OCc1cccnc1. The summed E-state index contributed by atoms with van der Waals surface area (Å²) in [6.45, 7) is 0.0164. The fourth-order valence-corrected chi connectivity index (χ4v) is 1.37. The summed E-state index contributed by atoms with van der Waals surface area (Å²) in [5.41, 5.74) is 0.565. The van der Waals surface area contributed by atoms with Crippen LogP contribution in [0.5, 0.6) is 0 Å². The summed E-state index contributed by atoms with van der Waals surface area (Å²) >= 11 is 0. The van der Waals surface area contributed by atoms with Gasteiger partial charge in [0, 0.05) is 24.0 Å². The normalized spacial score (nSPS) is 10.0. The number of carbonyl (C=O) groups excluding carboxylic acids is 1. The van der Waals surface area contributed by atoms with E-state index in [-0.39, 0.29) is 12.3 Å². The van der Waals surface area contributed by atoms with Crippen LogP contribution < -0.4 is 5.32 Å². The predicted molar refractivity (Wildman–Crippen MR) is 64.4 cm³/mol. The molecule has 1 amide bonds. The quantitative estimate of drug-likeness (QED) is 0.926. The van der Waals surface area contributed by atoms with Crippen molar-refractivity contribution >= 4 is 11.8 Å². The lowest BCUT2D eigenvalue weighted by atomic mass is 10.3. The molecular formula is C13H10F2N2O2. The van der Waals surface area contributed by atoms with Crippen LogP contribution in [0.1, 0.15) is 5.56 Å². The third-order valence-electron chi connectivity index (χ3n) is 2.26. The molecule has 0 bridgehead atoms. The Balaban J connectivity index is 1.91. The highest BCUT2D eigenvalue weighted by molar-refractivity contribution is 5.84. The Kier molecular flexibility index (Phi) is 4.02. The number of nitrogens with zero attached hydrogens (tertiary/aromatic N) is 1. The molecule has 0 fully saturated rings. The molecule has 0 saturated heterocycles. The van der Waals surface area contributed by atoms with Gasteiger partial charge in [-0.2, -0.15) is 0 Å². The zero-order valence-electron chi connectivity index (χ0n) is 9.77. The molecule has 0 aliphatic heterocycles. The summed E-state index contributed by atoms with van der Waals surface area (Å²) in [7, 11) is 0. The first kappa shape index (κ1) is 12.9. The fourth-order valence-electron chi connectivity index (χ4n) is 1.37. The highest BCUT2D eigenvalue weighted by atomic mass is 19.1. The minimum Gasteiger partial charge on any atom is -0.444 e. The van der Waals surface area contributed by atoms with Crippen LogP contribution >= 0.6 is 0 Å². The second kappa shape index (κ2) is 5.90. The second-order valence-corrected chi connectivity index (χ2v) is 3.69. The lowest BCUT2D eigenvalue weighted by Gasteiger charge is -2.07. The Morgan fingerprint density at radius 1 is 1.32 bits per heavy atom. The number of amides is 1. The van der Waals surface area contributed by atoms with Gasteiger partial charge in [0.25, 0.3) is 0 Å². The van der Waals surface area contributed by atoms with Gasteiger partial charge in [-0.1, -0.05) is 6.07 Å². The van der Waals surface area contributed by atoms with E-state index in [0.717, 1.165) is 12.1 Å². The summed E-state index contributed by atoms with van der Waals surface area (Å²) in [6, 6.07) is 6.28. The van der Waals surface area contributed by atoms with Crippen LogP contribution in [0.3, 0.4) is 0 Å². The molecule has 2 rings (SSSR count). The zero-order chi connectivity index (χ0) is 13.7. The van der Waals surface area contributed by atoms with Crippen LogP contribution in [0.2, 0.25) is 0 Å². The molecule has 1 aromatic heterocycles. The number of hydrogen-bond acceptors (Lipinski definition) is 3. The zero-order valence-corrected chi connectivity index (χ0v) is 9.77. The topological polar surface area (TPSA) is 51.2 Å². The number of rotatable bonds is 3. The third-order valence-corrected chi connectivity index (χ3v) is 2.26. The molecular weight excluding hydrogens is 254 g/mol. The summed E-state index contributed by atoms with van der Waals surface area (Å²) in [5.74, 6) is -1.58. The van der Waals surface area contributed by atoms with E-state index < -0.39 is 17.7 Å². The number of aromatic nitrogens is 1. The first-order valence-corrected chi connectivity index (χ1v) is 5.43. The van der Waals surface area contributed by atoms with Crippen molar-refractivity contribution in [1.29, 1.82) is 0 Å². The van der Waals surface area contributed by atoms with Crippen LogP contribution in [0.4, 0.5) is 19.3 Å². The van der Waals surface area contributed by atoms with Crippen molar-refractivity contribution in [2.24, 2.45) is 0 Å². The second-order valence-electron chi connectivity index (χ2n) is 3.69. The molecule has 0 aliphatic carbocycles. The van der Waals surface area contributed by atoms with Gasteiger partial charge in [-0.05, 0) is 18.2 Å². The van der Waals surface area contributed by atoms with Crippen LogP contribution in [-0.4, -0.2) is 11.1 Å². The summed E-state index contributed by atoms with van der Waals surface area (Å²) in [4.78, 5) is 15.3. The fraction of sp³-hybridized carbons (Fsp3) is 0.0769. The molecule has 0 spiro atoms. The van der Waals surface area contributed by atoms with Gasteiger partial charge < -0.3 is 4.74 Å². The number of nitrogens with one attached hydrogen (secondary N) is 1. The average Bonchev–Trinajstić information content (AvgIpc) is 2.41. The summed E-state index contributed by atoms with van der Waals surface area (Å²) in [5, 5.41) is 2.18. The smallest absolute Gasteiger partial charge is 0.412 e. The molecule has 4 nitrogen and oxygen atoms in total. The van der Waals surface area contributed by atoms with E-state index in [2.05, 4.69) is 10.3 Å². The highest BCUT2D eigenvalue weighted by Crippen LogP contribution is 2.15. The number of ether oxygens (including phenoxy) is 1. The number of hydrogen-bond donors (Lipinski definition) is 1. The van der Waals surface area contributed by atoms with Gasteiger partial charge in [-0.25, -0.2) is 13.6 Å². The lowest BCUT2D eigenvalue weighted by Crippen LogP contribution is -2.14. The Morgan fingerprint density at radius 3 is 2.84 bits per heavy atom. The standard InChI is InChI=1S/C13H10F2N2O2/c14-10-3-4-12(11(15)6-10)17-13(18)19-8-9-2-1-5-16-7-9/h1-7H,8H2,(H,17,18). The monoisotopic (exact) mass is 264 g/mol. The van der Waals surface area contributed by atoms with E-state index in [9.17, 15) is 13.6 Å². The maximum atomic E-state index is 13.3. The summed E-state index contributed by atoms with van der Waals surface area (Å²) in [6.07, 6.45) is 2.32. The van der Waals surface area contributed by atoms with E-state index in [1.165, 1.54) is 0 Å². The van der Waals surface area contributed by atoms with Crippen molar-refractivity contribution in [2.75, 3.05) is 5.32 Å². The van der Waals surface area contributed by atoms with Crippen LogP contribution in [0, 0.1) is 11.6 Å². The van der Waals surface area contributed by atoms with Crippen LogP contribution in [-0.2, 0) is 11.3 Å². The van der Waals surface area contributed by atoms with Crippen molar-refractivity contribution < 1.29 is 18.3 Å². The first-order chi connectivity index (χ1) is 9.15. The van der Waals surface area contributed by atoms with Gasteiger partial charge in [-0.15, -0.1) is 0 Å². The minimum absolute atomic E-state index is 0.0164. The molecule has 0 radical (unpaired) electrons. The Hall–Kier alpha value is -2.50. The largest absolute Gasteiger partial charge is 0.444 e. The maximum Gasteiger partial charge on any atom is 0.412 e. The third kappa shape index (κ3) is 3.74. The van der Waals surface area contributed by atoms with Crippen molar-refractivity contribution in [3.8, 4) is 0 Å². The number of benzene rings is 1. The molecule has 0 atom stereocenters. The first-order valence-electron chi connectivity index (χ1n) is 5.43. The lowest BCUT2D eigenvalue weighted by molar-refractivity contribution is 0.155. The predicted octanol–water partition coefficient (Wildman–Crippen LogP) is 3.11. The molecule has 1 N–H and O–H groups in total. The minimum atomic E-state index is -0.863. The van der Waals surface area contributed by atoms with E-state index >= 15 is 0 Å². The average molecular weight is 264 g/mol. The molecule has 98 valence electrons. The van der Waals surface area contributed by atoms with E-state index in [1.807, 2.05) is 0 Å². The van der Waals surface area contributed by atoms with E-state index in [4.69, 9.17) is 4.74 Å². The number of anilines is 1. The Labute approximate surface area is 108 Å². The van der Waals surface area contributed by atoms with Gasteiger partial charge in [0.05, 0.1) is 5.69 Å². The molecule has 1 aromatic carbocycles. The number of carbonyl (C=O) groups is 1. The van der Waals surface area contributed by atoms with Gasteiger partial charge in [0.15, 0.2) is 0 Å². The highest BCUT2D eigenvalue weighted by Gasteiger charge is 2.08. The van der Waals surface area contributed by atoms with Crippen LogP contribution in [0.15, 0.2) is 42.7 Å². The van der Waals surface area contributed by atoms with E-state index in [0.29, 0.717) is 11.6 Å². The molecule has 6 heteroatoms. The van der Waals surface area contributed by atoms with Gasteiger partial charge >= 0.3 is 6.09 Å². The number of pyridine rings is 1. The van der Waals surface area contributed by atoms with Crippen molar-refractivity contribution in [2.45, 2.75) is 6.61 Å². The van der Waals surface area contributed by atoms with E-state index in [1.54, 1.807) is 24.5 Å². The van der Waals surface area contributed by atoms with Crippen molar-refractivity contribution in [3.05, 3.63) is 59.9 Å². The van der Waals surface area contributed by atoms with Gasteiger partial charge in [0.2, 0.25) is 0 Å². The Morgan fingerprint density at radius 2 is 2.16 bits per heavy atom. The summed E-state index contributed by atoms with van der Waals surface area (Å²) < 4.78 is 30.8. The molecule has 0 aliphatic rings. The van der Waals surface area contributed by atoms with Crippen molar-refractivity contribution in [1.82, 2.24) is 4.98 Å². The van der Waals surface area contributed by atoms with Gasteiger partial charge in [0.1, 0.15) is 18.2 Å². The molecule has 19 heavy (non-hydrogen) atoms. The maximum absolute atomic E-state index is 13.3. The molecule has 1 heterocycles. The van der Waals surface area contributed by atoms with Crippen molar-refractivity contribution in [3.63, 3.8) is 0 Å². The molecule has 0 saturated carbocycles. The Bertz CT molecular complexity index is 576. The van der Waals surface area contributed by atoms with Crippen LogP contribution in [0.25, 0.3) is 0 Å². The molecule has 2 aromatic rings.